The van der Waals surface area contributed by atoms with E-state index in [2.05, 4.69) is 15.6 Å². The number of primary amides is 1. The number of aromatic nitrogens is 1. The number of hydrogen-bond acceptors (Lipinski definition) is 5. The van der Waals surface area contributed by atoms with Gasteiger partial charge < -0.3 is 21.1 Å². The van der Waals surface area contributed by atoms with Crippen LogP contribution >= 0.6 is 0 Å². The molecule has 2 heterocycles. The van der Waals surface area contributed by atoms with Crippen molar-refractivity contribution in [2.45, 2.75) is 31.7 Å². The fourth-order valence-corrected chi connectivity index (χ4v) is 2.57. The van der Waals surface area contributed by atoms with Crippen molar-refractivity contribution in [1.82, 2.24) is 10.3 Å². The molecule has 0 aromatic carbocycles. The minimum atomic E-state index is -0.653. The Kier molecular flexibility index (Phi) is 4.42. The average molecular weight is 292 g/mol. The van der Waals surface area contributed by atoms with Gasteiger partial charge in [-0.15, -0.1) is 0 Å². The van der Waals surface area contributed by atoms with Gasteiger partial charge in [0.25, 0.3) is 5.91 Å². The number of ether oxygens (including phenoxy) is 1. The molecule has 0 aliphatic carbocycles. The van der Waals surface area contributed by atoms with Crippen molar-refractivity contribution in [3.63, 3.8) is 0 Å². The molecule has 4 N–H and O–H groups in total. The van der Waals surface area contributed by atoms with Crippen LogP contribution in [-0.2, 0) is 4.79 Å². The van der Waals surface area contributed by atoms with Gasteiger partial charge in [0.15, 0.2) is 0 Å². The SMILES string of the molecule is CCC1(C(=O)Nc2cnc(OC)c(C(N)=O)c2)CCCN1. The second-order valence-corrected chi connectivity index (χ2v) is 5.07. The molecule has 1 unspecified atom stereocenters. The van der Waals surface area contributed by atoms with Gasteiger partial charge in [-0.25, -0.2) is 4.98 Å². The molecule has 114 valence electrons. The van der Waals surface area contributed by atoms with E-state index in [4.69, 9.17) is 10.5 Å². The fraction of sp³-hybridized carbons (Fsp3) is 0.500. The summed E-state index contributed by atoms with van der Waals surface area (Å²) in [7, 11) is 1.40. The Labute approximate surface area is 123 Å². The maximum atomic E-state index is 12.5. The summed E-state index contributed by atoms with van der Waals surface area (Å²) in [6.45, 7) is 2.80. The summed E-state index contributed by atoms with van der Waals surface area (Å²) in [5, 5.41) is 6.05. The van der Waals surface area contributed by atoms with Crippen LogP contribution in [0.15, 0.2) is 12.3 Å². The molecule has 0 spiro atoms. The highest BCUT2D eigenvalue weighted by Crippen LogP contribution is 2.26. The molecule has 1 aliphatic rings. The molecule has 1 aromatic rings. The zero-order valence-electron chi connectivity index (χ0n) is 12.2. The van der Waals surface area contributed by atoms with Crippen LogP contribution in [0.4, 0.5) is 5.69 Å². The number of carbonyl (C=O) groups is 2. The van der Waals surface area contributed by atoms with Gasteiger partial charge in [0.1, 0.15) is 5.56 Å². The zero-order valence-corrected chi connectivity index (χ0v) is 12.2. The first-order chi connectivity index (χ1) is 10.0. The molecular formula is C14H20N4O3. The second-order valence-electron chi connectivity index (χ2n) is 5.07. The largest absolute Gasteiger partial charge is 0.480 e. The number of anilines is 1. The van der Waals surface area contributed by atoms with Crippen molar-refractivity contribution in [2.24, 2.45) is 5.73 Å². The van der Waals surface area contributed by atoms with Crippen molar-refractivity contribution in [3.05, 3.63) is 17.8 Å². The normalized spacial score (nSPS) is 21.0. The molecule has 1 aliphatic heterocycles. The highest BCUT2D eigenvalue weighted by atomic mass is 16.5. The van der Waals surface area contributed by atoms with Crippen LogP contribution in [-0.4, -0.2) is 36.0 Å². The van der Waals surface area contributed by atoms with Crippen LogP contribution in [0.25, 0.3) is 0 Å². The van der Waals surface area contributed by atoms with Gasteiger partial charge in [-0.2, -0.15) is 0 Å². The number of nitrogens with zero attached hydrogens (tertiary/aromatic N) is 1. The van der Waals surface area contributed by atoms with E-state index in [1.807, 2.05) is 6.92 Å². The third-order valence-electron chi connectivity index (χ3n) is 3.85. The monoisotopic (exact) mass is 292 g/mol. The summed E-state index contributed by atoms with van der Waals surface area (Å²) in [6, 6.07) is 1.48. The number of nitrogens with one attached hydrogen (secondary N) is 2. The lowest BCUT2D eigenvalue weighted by Gasteiger charge is -2.26. The fourth-order valence-electron chi connectivity index (χ4n) is 2.57. The molecular weight excluding hydrogens is 272 g/mol. The quantitative estimate of drug-likeness (QED) is 0.739. The number of amides is 2. The Bertz CT molecular complexity index is 553. The molecule has 7 heteroatoms. The Morgan fingerprint density at radius 2 is 2.33 bits per heavy atom. The van der Waals surface area contributed by atoms with Crippen molar-refractivity contribution in [3.8, 4) is 5.88 Å². The van der Waals surface area contributed by atoms with Crippen LogP contribution < -0.4 is 21.1 Å². The molecule has 1 atom stereocenters. The first-order valence-corrected chi connectivity index (χ1v) is 6.92. The highest BCUT2D eigenvalue weighted by Gasteiger charge is 2.39. The van der Waals surface area contributed by atoms with Crippen LogP contribution in [0.1, 0.15) is 36.5 Å². The maximum absolute atomic E-state index is 12.5. The molecule has 2 rings (SSSR count). The molecule has 1 fully saturated rings. The van der Waals surface area contributed by atoms with E-state index < -0.39 is 11.4 Å². The number of pyridine rings is 1. The lowest BCUT2D eigenvalue weighted by Crippen LogP contribution is -2.50. The lowest BCUT2D eigenvalue weighted by molar-refractivity contribution is -0.122. The Morgan fingerprint density at radius 1 is 1.57 bits per heavy atom. The first kappa shape index (κ1) is 15.2. The molecule has 0 radical (unpaired) electrons. The van der Waals surface area contributed by atoms with E-state index in [0.29, 0.717) is 12.1 Å². The summed E-state index contributed by atoms with van der Waals surface area (Å²) >= 11 is 0. The highest BCUT2D eigenvalue weighted by molar-refractivity contribution is 6.00. The molecule has 21 heavy (non-hydrogen) atoms. The Morgan fingerprint density at radius 3 is 2.86 bits per heavy atom. The summed E-state index contributed by atoms with van der Waals surface area (Å²) in [6.07, 6.45) is 3.91. The minimum Gasteiger partial charge on any atom is -0.480 e. The van der Waals surface area contributed by atoms with Crippen molar-refractivity contribution >= 4 is 17.5 Å². The Hall–Kier alpha value is -2.15. The van der Waals surface area contributed by atoms with Gasteiger partial charge in [-0.1, -0.05) is 6.92 Å². The summed E-state index contributed by atoms with van der Waals surface area (Å²) in [4.78, 5) is 27.8. The van der Waals surface area contributed by atoms with Crippen molar-refractivity contribution in [2.75, 3.05) is 19.0 Å². The van der Waals surface area contributed by atoms with Gasteiger partial charge in [0, 0.05) is 0 Å². The van der Waals surface area contributed by atoms with E-state index >= 15 is 0 Å². The van der Waals surface area contributed by atoms with Gasteiger partial charge in [-0.05, 0) is 31.9 Å². The molecule has 1 aromatic heterocycles. The van der Waals surface area contributed by atoms with Gasteiger partial charge >= 0.3 is 0 Å². The predicted octanol–water partition coefficient (Wildman–Crippen LogP) is 0.660. The standard InChI is InChI=1S/C14H20N4O3/c1-3-14(5-4-6-17-14)13(20)18-9-7-10(11(15)19)12(21-2)16-8-9/h7-8,17H,3-6H2,1-2H3,(H2,15,19)(H,18,20). The number of nitrogens with two attached hydrogens (primary N) is 1. The summed E-state index contributed by atoms with van der Waals surface area (Å²) < 4.78 is 4.97. The van der Waals surface area contributed by atoms with Gasteiger partial charge in [0.2, 0.25) is 11.8 Å². The number of methoxy groups -OCH3 is 1. The molecule has 2 amide bonds. The lowest BCUT2D eigenvalue weighted by atomic mass is 9.93. The molecule has 1 saturated heterocycles. The topological polar surface area (TPSA) is 106 Å². The minimum absolute atomic E-state index is 0.120. The van der Waals surface area contributed by atoms with Crippen molar-refractivity contribution < 1.29 is 14.3 Å². The summed E-state index contributed by atoms with van der Waals surface area (Å²) in [5.41, 5.74) is 5.30. The van der Waals surface area contributed by atoms with Crippen LogP contribution in [0.5, 0.6) is 5.88 Å². The predicted molar refractivity (Wildman–Crippen MR) is 78.2 cm³/mol. The molecule has 0 bridgehead atoms. The van der Waals surface area contributed by atoms with Gasteiger partial charge in [0.05, 0.1) is 24.5 Å². The van der Waals surface area contributed by atoms with E-state index in [-0.39, 0.29) is 17.4 Å². The molecule has 0 saturated carbocycles. The van der Waals surface area contributed by atoms with E-state index in [1.54, 1.807) is 0 Å². The van der Waals surface area contributed by atoms with E-state index in [9.17, 15) is 9.59 Å². The number of rotatable bonds is 5. The van der Waals surface area contributed by atoms with Crippen LogP contribution in [0.2, 0.25) is 0 Å². The van der Waals surface area contributed by atoms with Crippen molar-refractivity contribution in [1.29, 1.82) is 0 Å². The Balaban J connectivity index is 2.21. The number of hydrogen-bond donors (Lipinski definition) is 3. The van der Waals surface area contributed by atoms with Gasteiger partial charge in [-0.3, -0.25) is 9.59 Å². The second kappa shape index (κ2) is 6.09. The maximum Gasteiger partial charge on any atom is 0.254 e. The third-order valence-corrected chi connectivity index (χ3v) is 3.85. The summed E-state index contributed by atoms with van der Waals surface area (Å²) in [5.74, 6) is -0.630. The van der Waals surface area contributed by atoms with E-state index in [0.717, 1.165) is 19.4 Å². The third kappa shape index (κ3) is 2.97. The zero-order chi connectivity index (χ0) is 15.5. The first-order valence-electron chi connectivity index (χ1n) is 6.92. The van der Waals surface area contributed by atoms with Crippen LogP contribution in [0, 0.1) is 0 Å². The number of carbonyl (C=O) groups excluding carboxylic acids is 2. The smallest absolute Gasteiger partial charge is 0.254 e. The average Bonchev–Trinajstić information content (AvgIpc) is 2.97. The van der Waals surface area contributed by atoms with E-state index in [1.165, 1.54) is 19.4 Å². The van der Waals surface area contributed by atoms with Crippen LogP contribution in [0.3, 0.4) is 0 Å². The molecule has 7 nitrogen and oxygen atoms in total.